The second kappa shape index (κ2) is 5.96. The summed E-state index contributed by atoms with van der Waals surface area (Å²) in [5.74, 6) is 1.33. The molecule has 0 amide bonds. The van der Waals surface area contributed by atoms with Gasteiger partial charge >= 0.3 is 0 Å². The summed E-state index contributed by atoms with van der Waals surface area (Å²) in [5.41, 5.74) is 1.55. The van der Waals surface area contributed by atoms with E-state index in [2.05, 4.69) is 20.7 Å². The van der Waals surface area contributed by atoms with Crippen LogP contribution < -0.4 is 10.6 Å². The van der Waals surface area contributed by atoms with E-state index in [0.29, 0.717) is 38.8 Å². The average molecular weight is 362 g/mol. The SMILES string of the molecule is O=Cc1cnn2c(NC3CC3)cc(Nc3cc(Cl)ccc3Cl)nc12. The first kappa shape index (κ1) is 15.2. The number of hydrogen-bond acceptors (Lipinski definition) is 5. The van der Waals surface area contributed by atoms with Crippen molar-refractivity contribution < 1.29 is 4.79 Å². The molecule has 4 rings (SSSR count). The van der Waals surface area contributed by atoms with Gasteiger partial charge in [0.2, 0.25) is 0 Å². The predicted molar refractivity (Wildman–Crippen MR) is 94.8 cm³/mol. The van der Waals surface area contributed by atoms with Gasteiger partial charge in [0, 0.05) is 17.1 Å². The molecule has 0 spiro atoms. The minimum atomic E-state index is 0.426. The van der Waals surface area contributed by atoms with Crippen molar-refractivity contribution in [3.05, 3.63) is 46.1 Å². The number of carbonyl (C=O) groups excluding carboxylic acids is 1. The first-order chi connectivity index (χ1) is 11.6. The Labute approximate surface area is 147 Å². The lowest BCUT2D eigenvalue weighted by atomic mass is 10.3. The molecule has 2 heterocycles. The molecule has 0 unspecified atom stereocenters. The molecule has 2 aromatic heterocycles. The number of halogens is 2. The van der Waals surface area contributed by atoms with Crippen molar-refractivity contribution in [2.75, 3.05) is 10.6 Å². The van der Waals surface area contributed by atoms with E-state index in [1.807, 2.05) is 6.07 Å². The van der Waals surface area contributed by atoms with Gasteiger partial charge in [-0.25, -0.2) is 4.98 Å². The lowest BCUT2D eigenvalue weighted by molar-refractivity contribution is 0.112. The van der Waals surface area contributed by atoms with Gasteiger partial charge in [0.1, 0.15) is 11.6 Å². The summed E-state index contributed by atoms with van der Waals surface area (Å²) in [5, 5.41) is 11.9. The van der Waals surface area contributed by atoms with E-state index < -0.39 is 0 Å². The maximum absolute atomic E-state index is 11.2. The van der Waals surface area contributed by atoms with E-state index in [-0.39, 0.29) is 0 Å². The van der Waals surface area contributed by atoms with Crippen molar-refractivity contribution in [1.29, 1.82) is 0 Å². The van der Waals surface area contributed by atoms with Crippen LogP contribution in [0.25, 0.3) is 5.65 Å². The van der Waals surface area contributed by atoms with Crippen LogP contribution in [0, 0.1) is 0 Å². The molecule has 0 aliphatic heterocycles. The van der Waals surface area contributed by atoms with Crippen LogP contribution in [0.1, 0.15) is 23.2 Å². The zero-order valence-corrected chi connectivity index (χ0v) is 14.0. The highest BCUT2D eigenvalue weighted by Crippen LogP contribution is 2.30. The van der Waals surface area contributed by atoms with Gasteiger partial charge < -0.3 is 10.6 Å². The number of nitrogens with one attached hydrogen (secondary N) is 2. The zero-order chi connectivity index (χ0) is 16.7. The molecule has 1 saturated carbocycles. The Kier molecular flexibility index (Phi) is 3.78. The summed E-state index contributed by atoms with van der Waals surface area (Å²) in [6.07, 6.45) is 4.49. The fourth-order valence-corrected chi connectivity index (χ4v) is 2.73. The maximum Gasteiger partial charge on any atom is 0.170 e. The largest absolute Gasteiger partial charge is 0.367 e. The van der Waals surface area contributed by atoms with Crippen LogP contribution in [0.15, 0.2) is 30.5 Å². The minimum absolute atomic E-state index is 0.426. The van der Waals surface area contributed by atoms with Gasteiger partial charge in [-0.05, 0) is 31.0 Å². The van der Waals surface area contributed by atoms with Crippen molar-refractivity contribution >= 4 is 52.5 Å². The van der Waals surface area contributed by atoms with Crippen molar-refractivity contribution in [1.82, 2.24) is 14.6 Å². The van der Waals surface area contributed by atoms with Gasteiger partial charge in [0.25, 0.3) is 0 Å². The summed E-state index contributed by atoms with van der Waals surface area (Å²) in [4.78, 5) is 15.7. The van der Waals surface area contributed by atoms with Crippen LogP contribution in [-0.2, 0) is 0 Å². The van der Waals surface area contributed by atoms with Gasteiger partial charge in [-0.1, -0.05) is 23.2 Å². The third kappa shape index (κ3) is 2.90. The van der Waals surface area contributed by atoms with Gasteiger partial charge in [-0.2, -0.15) is 9.61 Å². The highest BCUT2D eigenvalue weighted by atomic mass is 35.5. The molecule has 1 aromatic carbocycles. The molecule has 1 aliphatic carbocycles. The summed E-state index contributed by atoms with van der Waals surface area (Å²) in [6, 6.07) is 7.42. The molecule has 2 N–H and O–H groups in total. The van der Waals surface area contributed by atoms with E-state index in [1.54, 1.807) is 22.7 Å². The third-order valence-corrected chi connectivity index (χ3v) is 4.31. The molecule has 0 saturated heterocycles. The number of aromatic nitrogens is 3. The lowest BCUT2D eigenvalue weighted by Gasteiger charge is -2.12. The molecule has 122 valence electrons. The topological polar surface area (TPSA) is 71.3 Å². The van der Waals surface area contributed by atoms with E-state index in [0.717, 1.165) is 24.9 Å². The minimum Gasteiger partial charge on any atom is -0.367 e. The Morgan fingerprint density at radius 3 is 2.83 bits per heavy atom. The van der Waals surface area contributed by atoms with Gasteiger partial charge in [-0.15, -0.1) is 0 Å². The highest BCUT2D eigenvalue weighted by Gasteiger charge is 2.23. The van der Waals surface area contributed by atoms with Gasteiger partial charge in [0.05, 0.1) is 22.5 Å². The Hall–Kier alpha value is -2.31. The summed E-state index contributed by atoms with van der Waals surface area (Å²) in [7, 11) is 0. The van der Waals surface area contributed by atoms with E-state index in [1.165, 1.54) is 6.20 Å². The standard InChI is InChI=1S/C16H13Cl2N5O/c17-10-1-4-12(18)13(5-10)21-14-6-15(20-11-2-3-11)23-16(22-14)9(8-24)7-19-23/h1,4-8,11,20H,2-3H2,(H,21,22). The Morgan fingerprint density at radius 2 is 2.08 bits per heavy atom. The van der Waals surface area contributed by atoms with Crippen LogP contribution in [0.3, 0.4) is 0 Å². The van der Waals surface area contributed by atoms with Gasteiger partial charge in [-0.3, -0.25) is 4.79 Å². The van der Waals surface area contributed by atoms with Crippen LogP contribution in [-0.4, -0.2) is 26.9 Å². The molecule has 24 heavy (non-hydrogen) atoms. The van der Waals surface area contributed by atoms with Crippen LogP contribution in [0.4, 0.5) is 17.3 Å². The van der Waals surface area contributed by atoms with Crippen molar-refractivity contribution in [3.8, 4) is 0 Å². The molecular weight excluding hydrogens is 349 g/mol. The fourth-order valence-electron chi connectivity index (χ4n) is 2.40. The summed E-state index contributed by atoms with van der Waals surface area (Å²) >= 11 is 12.2. The number of carbonyl (C=O) groups is 1. The van der Waals surface area contributed by atoms with Crippen LogP contribution in [0.2, 0.25) is 10.0 Å². The first-order valence-electron chi connectivity index (χ1n) is 7.46. The second-order valence-electron chi connectivity index (χ2n) is 5.65. The molecule has 0 bridgehead atoms. The van der Waals surface area contributed by atoms with Crippen LogP contribution in [0.5, 0.6) is 0 Å². The normalized spacial score (nSPS) is 13.9. The van der Waals surface area contributed by atoms with E-state index in [9.17, 15) is 4.79 Å². The molecule has 1 fully saturated rings. The number of fused-ring (bicyclic) bond motifs is 1. The molecule has 8 heteroatoms. The fraction of sp³-hybridized carbons (Fsp3) is 0.188. The quantitative estimate of drug-likeness (QED) is 0.667. The lowest BCUT2D eigenvalue weighted by Crippen LogP contribution is -2.09. The number of nitrogens with zero attached hydrogens (tertiary/aromatic N) is 3. The summed E-state index contributed by atoms with van der Waals surface area (Å²) in [6.45, 7) is 0. The Morgan fingerprint density at radius 1 is 1.25 bits per heavy atom. The number of rotatable bonds is 5. The molecule has 0 atom stereocenters. The molecule has 3 aromatic rings. The predicted octanol–water partition coefficient (Wildman–Crippen LogP) is 4.17. The molecule has 1 aliphatic rings. The van der Waals surface area contributed by atoms with E-state index >= 15 is 0 Å². The Bertz CT molecular complexity index is 936. The number of aldehydes is 1. The molecule has 6 nitrogen and oxygen atoms in total. The smallest absolute Gasteiger partial charge is 0.170 e. The van der Waals surface area contributed by atoms with Crippen LogP contribution >= 0.6 is 23.2 Å². The number of anilines is 3. The highest BCUT2D eigenvalue weighted by molar-refractivity contribution is 6.35. The van der Waals surface area contributed by atoms with E-state index in [4.69, 9.17) is 23.2 Å². The number of hydrogen-bond donors (Lipinski definition) is 2. The maximum atomic E-state index is 11.2. The second-order valence-corrected chi connectivity index (χ2v) is 6.49. The van der Waals surface area contributed by atoms with Crippen molar-refractivity contribution in [3.63, 3.8) is 0 Å². The van der Waals surface area contributed by atoms with Gasteiger partial charge in [0.15, 0.2) is 11.9 Å². The molecular formula is C16H13Cl2N5O. The Balaban J connectivity index is 1.79. The molecule has 0 radical (unpaired) electrons. The first-order valence-corrected chi connectivity index (χ1v) is 8.22. The average Bonchev–Trinajstić information content (AvgIpc) is 3.28. The third-order valence-electron chi connectivity index (χ3n) is 3.75. The zero-order valence-electron chi connectivity index (χ0n) is 12.5. The summed E-state index contributed by atoms with van der Waals surface area (Å²) < 4.78 is 1.63. The van der Waals surface area contributed by atoms with Crippen molar-refractivity contribution in [2.45, 2.75) is 18.9 Å². The number of benzene rings is 1. The van der Waals surface area contributed by atoms with Crippen molar-refractivity contribution in [2.24, 2.45) is 0 Å². The monoisotopic (exact) mass is 361 g/mol.